The van der Waals surface area contributed by atoms with Crippen molar-refractivity contribution in [2.24, 2.45) is 0 Å². The molecule has 1 aromatic carbocycles. The highest BCUT2D eigenvalue weighted by atomic mass is 32.1. The number of benzene rings is 1. The van der Waals surface area contributed by atoms with Crippen LogP contribution < -0.4 is 5.32 Å². The Morgan fingerprint density at radius 2 is 2.05 bits per heavy atom. The molecule has 0 aliphatic heterocycles. The smallest absolute Gasteiger partial charge is 0.333 e. The Labute approximate surface area is 130 Å². The van der Waals surface area contributed by atoms with E-state index in [0.717, 1.165) is 21.7 Å². The van der Waals surface area contributed by atoms with Gasteiger partial charge in [-0.3, -0.25) is 0 Å². The molecule has 1 heterocycles. The van der Waals surface area contributed by atoms with Crippen LogP contribution in [0.3, 0.4) is 0 Å². The monoisotopic (exact) mass is 303 g/mol. The first-order valence-corrected chi connectivity index (χ1v) is 7.89. The molecular formula is C17H21NO2S. The van der Waals surface area contributed by atoms with Gasteiger partial charge in [0.25, 0.3) is 0 Å². The van der Waals surface area contributed by atoms with Crippen LogP contribution in [-0.2, 0) is 9.53 Å². The van der Waals surface area contributed by atoms with E-state index in [1.54, 1.807) is 11.3 Å². The molecule has 0 spiro atoms. The summed E-state index contributed by atoms with van der Waals surface area (Å²) in [5.74, 6) is -0.236. The van der Waals surface area contributed by atoms with Gasteiger partial charge in [0.1, 0.15) is 0 Å². The zero-order valence-corrected chi connectivity index (χ0v) is 13.7. The van der Waals surface area contributed by atoms with Crippen molar-refractivity contribution in [3.63, 3.8) is 0 Å². The quantitative estimate of drug-likeness (QED) is 0.833. The number of ether oxygens (including phenoxy) is 1. The first kappa shape index (κ1) is 15.6. The van der Waals surface area contributed by atoms with Crippen LogP contribution in [0.4, 0.5) is 5.69 Å². The molecule has 3 nitrogen and oxygen atoms in total. The molecule has 1 aromatic heterocycles. The van der Waals surface area contributed by atoms with Gasteiger partial charge in [-0.2, -0.15) is 0 Å². The van der Waals surface area contributed by atoms with Crippen molar-refractivity contribution < 1.29 is 9.53 Å². The van der Waals surface area contributed by atoms with E-state index in [1.165, 1.54) is 4.88 Å². The number of hydrogen-bond acceptors (Lipinski definition) is 4. The van der Waals surface area contributed by atoms with E-state index in [-0.39, 0.29) is 5.97 Å². The lowest BCUT2D eigenvalue weighted by atomic mass is 10.1. The van der Waals surface area contributed by atoms with Gasteiger partial charge in [0, 0.05) is 15.4 Å². The van der Waals surface area contributed by atoms with E-state index in [9.17, 15) is 4.79 Å². The molecule has 0 aliphatic rings. The van der Waals surface area contributed by atoms with E-state index in [2.05, 4.69) is 18.3 Å². The fourth-order valence-corrected chi connectivity index (χ4v) is 3.29. The predicted molar refractivity (Wildman–Crippen MR) is 88.0 cm³/mol. The van der Waals surface area contributed by atoms with Crippen LogP contribution in [0.25, 0.3) is 0 Å². The molecule has 0 saturated heterocycles. The number of aryl methyl sites for hydroxylation is 3. The number of carbonyl (C=O) groups is 1. The molecule has 21 heavy (non-hydrogen) atoms. The first-order chi connectivity index (χ1) is 10.0. The minimum atomic E-state index is -0.461. The fraction of sp³-hybridized carbons (Fsp3) is 0.353. The average Bonchev–Trinajstić information content (AvgIpc) is 2.75. The molecule has 4 heteroatoms. The Hall–Kier alpha value is -1.81. The third-order valence-electron chi connectivity index (χ3n) is 3.24. The van der Waals surface area contributed by atoms with Crippen molar-refractivity contribution in [1.29, 1.82) is 0 Å². The fourth-order valence-electron chi connectivity index (χ4n) is 2.33. The van der Waals surface area contributed by atoms with Crippen LogP contribution in [0.15, 0.2) is 30.3 Å². The van der Waals surface area contributed by atoms with E-state index >= 15 is 0 Å². The Morgan fingerprint density at radius 1 is 1.29 bits per heavy atom. The first-order valence-electron chi connectivity index (χ1n) is 7.08. The Bertz CT molecular complexity index is 633. The van der Waals surface area contributed by atoms with Crippen molar-refractivity contribution >= 4 is 23.0 Å². The summed E-state index contributed by atoms with van der Waals surface area (Å²) in [5.41, 5.74) is 3.08. The predicted octanol–water partition coefficient (Wildman–Crippen LogP) is 4.39. The molecule has 1 atom stereocenters. The van der Waals surface area contributed by atoms with E-state index in [4.69, 9.17) is 4.74 Å². The van der Waals surface area contributed by atoms with Gasteiger partial charge in [-0.05, 0) is 57.0 Å². The van der Waals surface area contributed by atoms with E-state index in [0.29, 0.717) is 6.61 Å². The Morgan fingerprint density at radius 3 is 2.62 bits per heavy atom. The van der Waals surface area contributed by atoms with Crippen molar-refractivity contribution in [2.75, 3.05) is 11.9 Å². The summed E-state index contributed by atoms with van der Waals surface area (Å²) in [7, 11) is 0. The second kappa shape index (κ2) is 6.76. The molecule has 2 aromatic rings. The number of anilines is 1. The largest absolute Gasteiger partial charge is 0.464 e. The highest BCUT2D eigenvalue weighted by Crippen LogP contribution is 2.30. The van der Waals surface area contributed by atoms with Crippen LogP contribution in [0.2, 0.25) is 0 Å². The molecular weight excluding hydrogens is 282 g/mol. The van der Waals surface area contributed by atoms with Gasteiger partial charge >= 0.3 is 5.97 Å². The number of thiophene rings is 1. The molecule has 0 radical (unpaired) electrons. The van der Waals surface area contributed by atoms with Crippen LogP contribution in [0.1, 0.15) is 33.8 Å². The third-order valence-corrected chi connectivity index (χ3v) is 4.22. The molecule has 1 unspecified atom stereocenters. The molecule has 0 aliphatic carbocycles. The Kier molecular flexibility index (Phi) is 5.02. The lowest BCUT2D eigenvalue weighted by Crippen LogP contribution is -2.23. The minimum Gasteiger partial charge on any atom is -0.464 e. The number of hydrogen-bond donors (Lipinski definition) is 1. The van der Waals surface area contributed by atoms with Crippen LogP contribution in [0.5, 0.6) is 0 Å². The highest BCUT2D eigenvalue weighted by molar-refractivity contribution is 7.12. The number of esters is 1. The molecule has 0 saturated carbocycles. The maximum atomic E-state index is 12.3. The zero-order chi connectivity index (χ0) is 15.4. The standard InChI is InChI=1S/C17H21NO2S/c1-5-20-17(19)16(15-10-12(3)21-13(15)4)18-14-8-6-7-11(2)9-14/h6-10,16,18H,5H2,1-4H3. The summed E-state index contributed by atoms with van der Waals surface area (Å²) in [4.78, 5) is 14.7. The van der Waals surface area contributed by atoms with Gasteiger partial charge < -0.3 is 10.1 Å². The molecule has 1 N–H and O–H groups in total. The summed E-state index contributed by atoms with van der Waals surface area (Å²) in [6.45, 7) is 8.33. The topological polar surface area (TPSA) is 38.3 Å². The van der Waals surface area contributed by atoms with Gasteiger partial charge in [-0.15, -0.1) is 11.3 Å². The lowest BCUT2D eigenvalue weighted by Gasteiger charge is -2.19. The van der Waals surface area contributed by atoms with Crippen molar-refractivity contribution in [1.82, 2.24) is 0 Å². The highest BCUT2D eigenvalue weighted by Gasteiger charge is 2.25. The van der Waals surface area contributed by atoms with Crippen LogP contribution in [-0.4, -0.2) is 12.6 Å². The van der Waals surface area contributed by atoms with Gasteiger partial charge in [0.05, 0.1) is 6.61 Å². The number of nitrogens with one attached hydrogen (secondary N) is 1. The van der Waals surface area contributed by atoms with Gasteiger partial charge in [-0.25, -0.2) is 4.79 Å². The molecule has 2 rings (SSSR count). The second-order valence-electron chi connectivity index (χ2n) is 5.07. The van der Waals surface area contributed by atoms with Crippen molar-refractivity contribution in [3.8, 4) is 0 Å². The average molecular weight is 303 g/mol. The molecule has 112 valence electrons. The summed E-state index contributed by atoms with van der Waals surface area (Å²) in [6.07, 6.45) is 0. The van der Waals surface area contributed by atoms with E-state index in [1.807, 2.05) is 45.0 Å². The summed E-state index contributed by atoms with van der Waals surface area (Å²) >= 11 is 1.70. The van der Waals surface area contributed by atoms with Crippen LogP contribution in [0, 0.1) is 20.8 Å². The SMILES string of the molecule is CCOC(=O)C(Nc1cccc(C)c1)c1cc(C)sc1C. The number of carbonyl (C=O) groups excluding carboxylic acids is 1. The van der Waals surface area contributed by atoms with Gasteiger partial charge in [0.2, 0.25) is 0 Å². The van der Waals surface area contributed by atoms with Gasteiger partial charge in [-0.1, -0.05) is 12.1 Å². The number of rotatable bonds is 5. The maximum Gasteiger partial charge on any atom is 0.333 e. The normalized spacial score (nSPS) is 12.0. The summed E-state index contributed by atoms with van der Waals surface area (Å²) in [6, 6.07) is 9.60. The van der Waals surface area contributed by atoms with Crippen molar-refractivity contribution in [2.45, 2.75) is 33.7 Å². The summed E-state index contributed by atoms with van der Waals surface area (Å²) < 4.78 is 5.23. The second-order valence-corrected chi connectivity index (χ2v) is 6.53. The Balaban J connectivity index is 2.32. The lowest BCUT2D eigenvalue weighted by molar-refractivity contribution is -0.144. The van der Waals surface area contributed by atoms with Gasteiger partial charge in [0.15, 0.2) is 6.04 Å². The summed E-state index contributed by atoms with van der Waals surface area (Å²) in [5, 5.41) is 3.31. The minimum absolute atomic E-state index is 0.236. The maximum absolute atomic E-state index is 12.3. The zero-order valence-electron chi connectivity index (χ0n) is 12.9. The van der Waals surface area contributed by atoms with Crippen molar-refractivity contribution in [3.05, 3.63) is 51.2 Å². The van der Waals surface area contributed by atoms with E-state index < -0.39 is 6.04 Å². The molecule has 0 amide bonds. The molecule has 0 bridgehead atoms. The van der Waals surface area contributed by atoms with Crippen LogP contribution >= 0.6 is 11.3 Å². The third kappa shape index (κ3) is 3.85. The molecule has 0 fully saturated rings.